The number of nitrogens with zero attached hydrogens (tertiary/aromatic N) is 1. The fourth-order valence-electron chi connectivity index (χ4n) is 2.04. The molecule has 0 aliphatic heterocycles. The maximum absolute atomic E-state index is 13.9. The van der Waals surface area contributed by atoms with E-state index in [0.29, 0.717) is 15.6 Å². The molecule has 5 heteroatoms. The summed E-state index contributed by atoms with van der Waals surface area (Å²) >= 11 is 1.20. The third kappa shape index (κ3) is 2.42. The van der Waals surface area contributed by atoms with Crippen LogP contribution in [0.1, 0.15) is 11.1 Å². The lowest BCUT2D eigenvalue weighted by molar-refractivity contribution is 0.277. The molecular formula is C15H13FN2OS. The zero-order chi connectivity index (χ0) is 14.1. The second-order valence-electron chi connectivity index (χ2n) is 4.55. The van der Waals surface area contributed by atoms with Crippen LogP contribution in [0.3, 0.4) is 0 Å². The topological polar surface area (TPSA) is 48.9 Å². The molecule has 3 nitrogen and oxygen atoms in total. The quantitative estimate of drug-likeness (QED) is 0.773. The Bertz CT molecular complexity index is 770. The number of fused-ring (bicyclic) bond motifs is 1. The number of aromatic nitrogens is 2. The van der Waals surface area contributed by atoms with Crippen molar-refractivity contribution < 1.29 is 9.50 Å². The van der Waals surface area contributed by atoms with Gasteiger partial charge in [-0.2, -0.15) is 0 Å². The van der Waals surface area contributed by atoms with Gasteiger partial charge in [-0.1, -0.05) is 18.2 Å². The second-order valence-corrected chi connectivity index (χ2v) is 5.55. The number of aryl methyl sites for hydroxylation is 1. The van der Waals surface area contributed by atoms with Gasteiger partial charge in [0.15, 0.2) is 5.16 Å². The maximum atomic E-state index is 13.9. The van der Waals surface area contributed by atoms with Gasteiger partial charge in [0.1, 0.15) is 5.82 Å². The third-order valence-electron chi connectivity index (χ3n) is 3.03. The Morgan fingerprint density at radius 3 is 2.95 bits per heavy atom. The van der Waals surface area contributed by atoms with Crippen LogP contribution in [0.2, 0.25) is 0 Å². The van der Waals surface area contributed by atoms with E-state index in [9.17, 15) is 9.50 Å². The molecule has 0 bridgehead atoms. The molecule has 0 aliphatic rings. The average Bonchev–Trinajstić information content (AvgIpc) is 2.82. The zero-order valence-corrected chi connectivity index (χ0v) is 11.7. The molecule has 0 saturated carbocycles. The van der Waals surface area contributed by atoms with E-state index in [1.807, 2.05) is 25.1 Å². The van der Waals surface area contributed by atoms with Gasteiger partial charge in [0, 0.05) is 0 Å². The largest absolute Gasteiger partial charge is 0.392 e. The molecule has 2 N–H and O–H groups in total. The minimum Gasteiger partial charge on any atom is -0.392 e. The summed E-state index contributed by atoms with van der Waals surface area (Å²) in [4.78, 5) is 8.00. The van der Waals surface area contributed by atoms with E-state index >= 15 is 0 Å². The molecule has 20 heavy (non-hydrogen) atoms. The SMILES string of the molecule is Cc1ccc2nc(Sc3c(F)cccc3CO)[nH]c2c1. The molecule has 0 atom stereocenters. The fraction of sp³-hybridized carbons (Fsp3) is 0.133. The number of hydrogen-bond donors (Lipinski definition) is 2. The number of imidazole rings is 1. The smallest absolute Gasteiger partial charge is 0.171 e. The van der Waals surface area contributed by atoms with Gasteiger partial charge in [0.25, 0.3) is 0 Å². The highest BCUT2D eigenvalue weighted by atomic mass is 32.2. The van der Waals surface area contributed by atoms with E-state index in [1.54, 1.807) is 12.1 Å². The van der Waals surface area contributed by atoms with Crippen LogP contribution in [-0.4, -0.2) is 15.1 Å². The van der Waals surface area contributed by atoms with Crippen molar-refractivity contribution in [2.45, 2.75) is 23.6 Å². The van der Waals surface area contributed by atoms with Crippen molar-refractivity contribution in [1.29, 1.82) is 0 Å². The predicted octanol–water partition coefficient (Wildman–Crippen LogP) is 3.65. The number of H-pyrrole nitrogens is 1. The highest BCUT2D eigenvalue weighted by Crippen LogP contribution is 2.32. The van der Waals surface area contributed by atoms with Crippen LogP contribution in [0, 0.1) is 12.7 Å². The van der Waals surface area contributed by atoms with Crippen LogP contribution in [0.25, 0.3) is 11.0 Å². The Morgan fingerprint density at radius 1 is 1.30 bits per heavy atom. The molecule has 0 radical (unpaired) electrons. The Kier molecular flexibility index (Phi) is 3.46. The number of rotatable bonds is 3. The van der Waals surface area contributed by atoms with Crippen LogP contribution < -0.4 is 0 Å². The van der Waals surface area contributed by atoms with Gasteiger partial charge in [-0.15, -0.1) is 0 Å². The van der Waals surface area contributed by atoms with Crippen LogP contribution in [0.4, 0.5) is 4.39 Å². The summed E-state index contributed by atoms with van der Waals surface area (Å²) in [5, 5.41) is 9.90. The fourth-order valence-corrected chi connectivity index (χ4v) is 2.96. The lowest BCUT2D eigenvalue weighted by Crippen LogP contribution is -1.91. The first-order chi connectivity index (χ1) is 9.67. The van der Waals surface area contributed by atoms with Crippen molar-refractivity contribution in [1.82, 2.24) is 9.97 Å². The van der Waals surface area contributed by atoms with E-state index < -0.39 is 0 Å². The molecule has 0 aliphatic carbocycles. The summed E-state index contributed by atoms with van der Waals surface area (Å²) in [7, 11) is 0. The van der Waals surface area contributed by atoms with Crippen LogP contribution >= 0.6 is 11.8 Å². The zero-order valence-electron chi connectivity index (χ0n) is 10.9. The number of aliphatic hydroxyl groups excluding tert-OH is 1. The van der Waals surface area contributed by atoms with Crippen molar-refractivity contribution in [2.24, 2.45) is 0 Å². The number of aromatic amines is 1. The predicted molar refractivity (Wildman–Crippen MR) is 77.3 cm³/mol. The summed E-state index contributed by atoms with van der Waals surface area (Å²) in [6.45, 7) is 1.81. The summed E-state index contributed by atoms with van der Waals surface area (Å²) in [6.07, 6.45) is 0. The normalized spacial score (nSPS) is 11.2. The summed E-state index contributed by atoms with van der Waals surface area (Å²) in [6, 6.07) is 10.6. The molecule has 0 saturated heterocycles. The minimum atomic E-state index is -0.349. The number of hydrogen-bond acceptors (Lipinski definition) is 3. The van der Waals surface area contributed by atoms with Gasteiger partial charge in [0.2, 0.25) is 0 Å². The van der Waals surface area contributed by atoms with Gasteiger partial charge in [-0.25, -0.2) is 9.37 Å². The number of benzene rings is 2. The molecule has 0 amide bonds. The molecule has 102 valence electrons. The molecule has 1 heterocycles. The standard InChI is InChI=1S/C15H13FN2OS/c1-9-5-6-12-13(7-9)18-15(17-12)20-14-10(8-19)3-2-4-11(14)16/h2-7,19H,8H2,1H3,(H,17,18). The van der Waals surface area contributed by atoms with E-state index in [-0.39, 0.29) is 12.4 Å². The molecule has 2 aromatic carbocycles. The van der Waals surface area contributed by atoms with Crippen molar-refractivity contribution in [2.75, 3.05) is 0 Å². The third-order valence-corrected chi connectivity index (χ3v) is 4.08. The average molecular weight is 288 g/mol. The van der Waals surface area contributed by atoms with Gasteiger partial charge in [0.05, 0.1) is 22.5 Å². The molecule has 0 fully saturated rings. The van der Waals surface area contributed by atoms with Gasteiger partial charge in [-0.3, -0.25) is 0 Å². The van der Waals surface area contributed by atoms with Gasteiger partial charge >= 0.3 is 0 Å². The van der Waals surface area contributed by atoms with Gasteiger partial charge < -0.3 is 10.1 Å². The Hall–Kier alpha value is -1.85. The summed E-state index contributed by atoms with van der Waals surface area (Å²) in [5.41, 5.74) is 3.47. The highest BCUT2D eigenvalue weighted by molar-refractivity contribution is 7.99. The number of nitrogens with one attached hydrogen (secondary N) is 1. The van der Waals surface area contributed by atoms with Crippen LogP contribution in [-0.2, 0) is 6.61 Å². The Labute approximate surface area is 119 Å². The number of halogens is 1. The lowest BCUT2D eigenvalue weighted by atomic mass is 10.2. The Morgan fingerprint density at radius 2 is 2.15 bits per heavy atom. The maximum Gasteiger partial charge on any atom is 0.171 e. The van der Waals surface area contributed by atoms with Crippen LogP contribution in [0.5, 0.6) is 0 Å². The molecule has 0 unspecified atom stereocenters. The Balaban J connectivity index is 2.01. The minimum absolute atomic E-state index is 0.195. The van der Waals surface area contributed by atoms with E-state index in [1.165, 1.54) is 17.8 Å². The lowest BCUT2D eigenvalue weighted by Gasteiger charge is -2.05. The highest BCUT2D eigenvalue weighted by Gasteiger charge is 2.12. The molecule has 3 rings (SSSR count). The molecular weight excluding hydrogens is 275 g/mol. The first-order valence-corrected chi connectivity index (χ1v) is 7.01. The number of aliphatic hydroxyl groups is 1. The molecule has 1 aromatic heterocycles. The van der Waals surface area contributed by atoms with Crippen molar-refractivity contribution in [3.63, 3.8) is 0 Å². The van der Waals surface area contributed by atoms with Crippen molar-refractivity contribution in [3.05, 3.63) is 53.3 Å². The molecule has 0 spiro atoms. The second kappa shape index (κ2) is 5.26. The van der Waals surface area contributed by atoms with Crippen molar-refractivity contribution >= 4 is 22.8 Å². The van der Waals surface area contributed by atoms with Crippen molar-refractivity contribution in [3.8, 4) is 0 Å². The van der Waals surface area contributed by atoms with Crippen LogP contribution in [0.15, 0.2) is 46.5 Å². The van der Waals surface area contributed by atoms with Gasteiger partial charge in [-0.05, 0) is 48.0 Å². The van der Waals surface area contributed by atoms with E-state index in [2.05, 4.69) is 9.97 Å². The first kappa shape index (κ1) is 13.1. The monoisotopic (exact) mass is 288 g/mol. The van der Waals surface area contributed by atoms with E-state index in [0.717, 1.165) is 16.6 Å². The van der Waals surface area contributed by atoms with E-state index in [4.69, 9.17) is 0 Å². The summed E-state index contributed by atoms with van der Waals surface area (Å²) < 4.78 is 13.9. The molecule has 3 aromatic rings. The summed E-state index contributed by atoms with van der Waals surface area (Å²) in [5.74, 6) is -0.349. The first-order valence-electron chi connectivity index (χ1n) is 6.20.